The van der Waals surface area contributed by atoms with Crippen LogP contribution < -0.4 is 32.2 Å². The number of benzene rings is 3. The Labute approximate surface area is 284 Å². The van der Waals surface area contributed by atoms with Crippen molar-refractivity contribution in [3.63, 3.8) is 0 Å². The molecule has 3 aromatic carbocycles. The van der Waals surface area contributed by atoms with Gasteiger partial charge in [0, 0.05) is 22.6 Å². The summed E-state index contributed by atoms with van der Waals surface area (Å²) in [5.41, 5.74) is 11.0. The lowest BCUT2D eigenvalue weighted by Gasteiger charge is -2.25. The molecule has 0 unspecified atom stereocenters. The summed E-state index contributed by atoms with van der Waals surface area (Å²) in [6, 6.07) is 18.6. The zero-order valence-corrected chi connectivity index (χ0v) is 28.8. The summed E-state index contributed by atoms with van der Waals surface area (Å²) < 4.78 is 6.36. The highest BCUT2D eigenvalue weighted by Gasteiger charge is 2.32. The first kappa shape index (κ1) is 34.9. The molecule has 0 bridgehead atoms. The molecule has 2 radical (unpaired) electrons. The van der Waals surface area contributed by atoms with Gasteiger partial charge in [0.1, 0.15) is 18.7 Å². The Hall–Kier alpha value is -3.95. The molecule has 0 saturated carbocycles. The number of ether oxygens (including phenoxy) is 1. The van der Waals surface area contributed by atoms with E-state index in [-0.39, 0.29) is 31.4 Å². The van der Waals surface area contributed by atoms with Gasteiger partial charge in [0.25, 0.3) is 9.76 Å². The third kappa shape index (κ3) is 8.85. The highest BCUT2D eigenvalue weighted by Crippen LogP contribution is 2.44. The van der Waals surface area contributed by atoms with Gasteiger partial charge < -0.3 is 36.5 Å². The molecule has 7 N–H and O–H groups in total. The van der Waals surface area contributed by atoms with Crippen molar-refractivity contribution >= 4 is 67.2 Å². The maximum absolute atomic E-state index is 13.5. The van der Waals surface area contributed by atoms with Gasteiger partial charge in [-0.15, -0.1) is 0 Å². The van der Waals surface area contributed by atoms with Gasteiger partial charge in [0.15, 0.2) is 0 Å². The molecule has 1 aliphatic carbocycles. The lowest BCUT2D eigenvalue weighted by Crippen LogP contribution is -2.54. The third-order valence-corrected chi connectivity index (χ3v) is 9.34. The van der Waals surface area contributed by atoms with E-state index in [9.17, 15) is 24.0 Å². The Balaban J connectivity index is 1.42. The minimum Gasteiger partial charge on any atom is -0.449 e. The van der Waals surface area contributed by atoms with Crippen LogP contribution in [0.4, 0.5) is 15.3 Å². The first-order chi connectivity index (χ1) is 22.1. The monoisotopic (exact) mass is 755 g/mol. The number of nitrogens with one attached hydrogen (secondary N) is 4. The van der Waals surface area contributed by atoms with E-state index < -0.39 is 45.8 Å². The number of amides is 5. The van der Waals surface area contributed by atoms with Crippen LogP contribution in [0.5, 0.6) is 0 Å². The molecule has 4 rings (SSSR count). The number of alkyl carbamates (subject to hydrolysis) is 1. The number of alkyl halides is 1. The maximum Gasteiger partial charge on any atom is 0.407 e. The molecule has 2 atom stereocenters. The van der Waals surface area contributed by atoms with Crippen molar-refractivity contribution in [2.45, 2.75) is 49.1 Å². The summed E-state index contributed by atoms with van der Waals surface area (Å²) in [6.07, 6.45) is -0.200. The van der Waals surface area contributed by atoms with E-state index in [2.05, 4.69) is 56.0 Å². The Morgan fingerprint density at radius 1 is 0.957 bits per heavy atom. The predicted octanol–water partition coefficient (Wildman–Crippen LogP) is 3.29. The second-order valence-electron chi connectivity index (χ2n) is 11.3. The van der Waals surface area contributed by atoms with Crippen LogP contribution in [-0.2, 0) is 18.8 Å². The number of halogens is 1. The van der Waals surface area contributed by atoms with Crippen LogP contribution in [0.1, 0.15) is 49.3 Å². The molecule has 0 fully saturated rings. The lowest BCUT2D eigenvalue weighted by molar-refractivity contribution is -0.128. The fraction of sp³-hybridized carbons (Fsp3) is 0.333. The normalized spacial score (nSPS) is 13.2. The highest BCUT2D eigenvalue weighted by molar-refractivity contribution is 14.1. The summed E-state index contributed by atoms with van der Waals surface area (Å²) in [5, 5.41) is 11.5. The van der Waals surface area contributed by atoms with Gasteiger partial charge in [-0.3, -0.25) is 9.59 Å². The van der Waals surface area contributed by atoms with Gasteiger partial charge in [0.05, 0.1) is 0 Å². The Bertz CT molecular complexity index is 1530. The van der Waals surface area contributed by atoms with E-state index >= 15 is 0 Å². The number of carbonyl (C=O) groups excluding carboxylic acids is 4. The average molecular weight is 756 g/mol. The van der Waals surface area contributed by atoms with Crippen LogP contribution >= 0.6 is 22.6 Å². The SMILES string of the molecule is CC(C)[C@H](NC(=O)OCC1c2ccccc2-c2ccccc21)C(=O)N[C@@H](CCCNC(N)=O)C(=O)Nc1ccc(CI)c([Si]O)c1. The molecule has 11 nitrogen and oxygen atoms in total. The molecule has 0 aliphatic heterocycles. The molecule has 5 amide bonds. The van der Waals surface area contributed by atoms with Crippen LogP contribution in [0.15, 0.2) is 66.7 Å². The molecule has 0 heterocycles. The van der Waals surface area contributed by atoms with Gasteiger partial charge in [-0.05, 0) is 63.9 Å². The molecule has 242 valence electrons. The number of hydrogen-bond acceptors (Lipinski definition) is 6. The van der Waals surface area contributed by atoms with Gasteiger partial charge in [-0.2, -0.15) is 0 Å². The summed E-state index contributed by atoms with van der Waals surface area (Å²) in [5.74, 6) is -1.49. The highest BCUT2D eigenvalue weighted by atomic mass is 127. The van der Waals surface area contributed by atoms with Gasteiger partial charge in [-0.1, -0.05) is 91.0 Å². The molecular formula is C33H38IN5O6Si. The number of carbonyl (C=O) groups is 4. The van der Waals surface area contributed by atoms with Crippen molar-refractivity contribution in [1.82, 2.24) is 16.0 Å². The van der Waals surface area contributed by atoms with E-state index in [1.165, 1.54) is 0 Å². The zero-order valence-electron chi connectivity index (χ0n) is 25.6. The standard InChI is InChI=1S/C33H38IN5O6Si/c1-19(2)29(39-33(43)45-18-26-24-10-5-3-8-22(24)23-9-4-6-11-25(23)26)31(41)38-27(12-7-15-36-32(35)42)30(40)37-21-14-13-20(17-34)28(16-21)46-44/h3-6,8-11,13-14,16,19,26-27,29,44H,7,12,15,17-18H2,1-2H3,(H,37,40)(H,38,41)(H,39,43)(H3,35,36,42)/t27-,29-/m0/s1. The minimum atomic E-state index is -0.989. The van der Waals surface area contributed by atoms with Crippen LogP contribution in [0.2, 0.25) is 0 Å². The topological polar surface area (TPSA) is 172 Å². The van der Waals surface area contributed by atoms with Crippen molar-refractivity contribution in [1.29, 1.82) is 0 Å². The predicted molar refractivity (Wildman–Crippen MR) is 186 cm³/mol. The van der Waals surface area contributed by atoms with E-state index in [0.717, 1.165) is 27.8 Å². The second kappa shape index (κ2) is 16.6. The Morgan fingerprint density at radius 3 is 2.20 bits per heavy atom. The van der Waals surface area contributed by atoms with Gasteiger partial charge in [-0.25, -0.2) is 9.59 Å². The summed E-state index contributed by atoms with van der Waals surface area (Å²) in [6.45, 7) is 3.87. The summed E-state index contributed by atoms with van der Waals surface area (Å²) >= 11 is 2.20. The van der Waals surface area contributed by atoms with E-state index in [1.807, 2.05) is 42.5 Å². The van der Waals surface area contributed by atoms with Crippen LogP contribution in [0, 0.1) is 5.92 Å². The number of urea groups is 1. The summed E-state index contributed by atoms with van der Waals surface area (Å²) in [4.78, 5) is 60.8. The number of anilines is 1. The molecule has 1 aliphatic rings. The first-order valence-corrected chi connectivity index (χ1v) is 17.4. The minimum absolute atomic E-state index is 0.0942. The smallest absolute Gasteiger partial charge is 0.407 e. The van der Waals surface area contributed by atoms with Crippen molar-refractivity contribution in [3.05, 3.63) is 83.4 Å². The van der Waals surface area contributed by atoms with E-state index in [1.54, 1.807) is 26.0 Å². The number of hydrogen-bond donors (Lipinski definition) is 6. The number of rotatable bonds is 14. The molecule has 3 aromatic rings. The van der Waals surface area contributed by atoms with Crippen molar-refractivity contribution in [2.75, 3.05) is 18.5 Å². The van der Waals surface area contributed by atoms with Crippen molar-refractivity contribution in [3.8, 4) is 11.1 Å². The second-order valence-corrected chi connectivity index (χ2v) is 12.8. The quantitative estimate of drug-likeness (QED) is 0.0639. The Morgan fingerprint density at radius 2 is 1.61 bits per heavy atom. The van der Waals surface area contributed by atoms with Gasteiger partial charge in [0.2, 0.25) is 11.8 Å². The number of nitrogens with two attached hydrogens (primary N) is 1. The molecular weight excluding hydrogens is 717 g/mol. The fourth-order valence-corrected chi connectivity index (χ4v) is 7.01. The average Bonchev–Trinajstić information content (AvgIpc) is 3.37. The summed E-state index contributed by atoms with van der Waals surface area (Å²) in [7, 11) is -0.439. The molecule has 0 saturated heterocycles. The van der Waals surface area contributed by atoms with Crippen molar-refractivity contribution < 1.29 is 28.7 Å². The third-order valence-electron chi connectivity index (χ3n) is 7.81. The molecule has 13 heteroatoms. The van der Waals surface area contributed by atoms with E-state index in [0.29, 0.717) is 21.7 Å². The lowest BCUT2D eigenvalue weighted by atomic mass is 9.98. The molecule has 0 aromatic heterocycles. The number of fused-ring (bicyclic) bond motifs is 3. The largest absolute Gasteiger partial charge is 0.449 e. The Kier molecular flexibility index (Phi) is 12.6. The first-order valence-electron chi connectivity index (χ1n) is 15.0. The van der Waals surface area contributed by atoms with Crippen LogP contribution in [0.3, 0.4) is 0 Å². The maximum atomic E-state index is 13.5. The van der Waals surface area contributed by atoms with Crippen molar-refractivity contribution in [2.24, 2.45) is 11.7 Å². The number of primary amides is 1. The molecule has 0 spiro atoms. The van der Waals surface area contributed by atoms with Crippen LogP contribution in [0.25, 0.3) is 11.1 Å². The van der Waals surface area contributed by atoms with Gasteiger partial charge >= 0.3 is 12.1 Å². The fourth-order valence-electron chi connectivity index (χ4n) is 5.45. The zero-order chi connectivity index (χ0) is 33.2. The van der Waals surface area contributed by atoms with E-state index in [4.69, 9.17) is 10.5 Å². The molecule has 46 heavy (non-hydrogen) atoms. The van der Waals surface area contributed by atoms with Crippen LogP contribution in [-0.4, -0.2) is 63.7 Å².